The molecular formula is C32H27N3O5. The molecule has 40 heavy (non-hydrogen) atoms. The highest BCUT2D eigenvalue weighted by Crippen LogP contribution is 2.42. The summed E-state index contributed by atoms with van der Waals surface area (Å²) in [5.74, 6) is -1.55. The third-order valence-corrected chi connectivity index (χ3v) is 6.57. The van der Waals surface area contributed by atoms with Crippen LogP contribution in [0.2, 0.25) is 0 Å². The number of carbonyl (C=O) groups is 3. The highest BCUT2D eigenvalue weighted by molar-refractivity contribution is 6.51. The summed E-state index contributed by atoms with van der Waals surface area (Å²) in [5.41, 5.74) is 3.51. The highest BCUT2D eigenvalue weighted by Gasteiger charge is 2.47. The zero-order valence-corrected chi connectivity index (χ0v) is 22.0. The van der Waals surface area contributed by atoms with Crippen LogP contribution in [0.15, 0.2) is 103 Å². The summed E-state index contributed by atoms with van der Waals surface area (Å²) in [6.07, 6.45) is 3.14. The second-order valence-corrected chi connectivity index (χ2v) is 9.44. The summed E-state index contributed by atoms with van der Waals surface area (Å²) >= 11 is 0. The fourth-order valence-electron chi connectivity index (χ4n) is 4.74. The molecular weight excluding hydrogens is 506 g/mol. The number of aliphatic hydroxyl groups excluding tert-OH is 1. The van der Waals surface area contributed by atoms with Crippen molar-refractivity contribution in [1.82, 2.24) is 4.98 Å². The number of aliphatic hydroxyl groups is 1. The van der Waals surface area contributed by atoms with E-state index in [4.69, 9.17) is 4.74 Å². The molecule has 0 spiro atoms. The summed E-state index contributed by atoms with van der Waals surface area (Å²) in [4.78, 5) is 44.0. The molecule has 0 aliphatic carbocycles. The first-order valence-corrected chi connectivity index (χ1v) is 12.7. The number of anilines is 2. The van der Waals surface area contributed by atoms with E-state index < -0.39 is 17.7 Å². The lowest BCUT2D eigenvalue weighted by Gasteiger charge is -2.25. The van der Waals surface area contributed by atoms with Crippen LogP contribution in [0.25, 0.3) is 5.76 Å². The first kappa shape index (κ1) is 26.4. The van der Waals surface area contributed by atoms with Crippen LogP contribution in [-0.4, -0.2) is 27.7 Å². The molecule has 2 amide bonds. The van der Waals surface area contributed by atoms with Gasteiger partial charge in [-0.15, -0.1) is 0 Å². The number of nitrogens with one attached hydrogen (secondary N) is 1. The van der Waals surface area contributed by atoms with E-state index in [-0.39, 0.29) is 17.2 Å². The van der Waals surface area contributed by atoms with E-state index in [2.05, 4.69) is 10.3 Å². The monoisotopic (exact) mass is 533 g/mol. The normalized spacial score (nSPS) is 16.1. The van der Waals surface area contributed by atoms with Crippen molar-refractivity contribution in [2.75, 3.05) is 10.2 Å². The molecule has 4 aromatic rings. The van der Waals surface area contributed by atoms with Gasteiger partial charge in [-0.3, -0.25) is 24.3 Å². The molecule has 2 heterocycles. The number of hydrogen-bond donors (Lipinski definition) is 2. The SMILES string of the molecule is CC(=O)Nc1cccc(N2C(=O)C(=O)/C(=C(/O)c3ccc(OCc4ccccc4)c(C)c3)C2c2cccnc2)c1. The molecule has 0 radical (unpaired) electrons. The molecule has 8 nitrogen and oxygen atoms in total. The molecule has 1 atom stereocenters. The fourth-order valence-corrected chi connectivity index (χ4v) is 4.74. The third kappa shape index (κ3) is 5.33. The molecule has 8 heteroatoms. The van der Waals surface area contributed by atoms with Gasteiger partial charge in [-0.05, 0) is 66.1 Å². The predicted molar refractivity (Wildman–Crippen MR) is 152 cm³/mol. The Morgan fingerprint density at radius 3 is 2.50 bits per heavy atom. The number of benzene rings is 3. The van der Waals surface area contributed by atoms with Crippen molar-refractivity contribution in [3.05, 3.63) is 125 Å². The van der Waals surface area contributed by atoms with Crippen LogP contribution in [0, 0.1) is 6.92 Å². The number of rotatable bonds is 7. The molecule has 1 unspecified atom stereocenters. The Balaban J connectivity index is 1.54. The summed E-state index contributed by atoms with van der Waals surface area (Å²) in [6.45, 7) is 3.62. The quantitative estimate of drug-likeness (QED) is 0.183. The topological polar surface area (TPSA) is 109 Å². The van der Waals surface area contributed by atoms with Crippen LogP contribution in [0.4, 0.5) is 11.4 Å². The van der Waals surface area contributed by atoms with Crippen molar-refractivity contribution in [1.29, 1.82) is 0 Å². The van der Waals surface area contributed by atoms with Gasteiger partial charge in [-0.2, -0.15) is 0 Å². The van der Waals surface area contributed by atoms with Gasteiger partial charge in [0, 0.05) is 36.3 Å². The van der Waals surface area contributed by atoms with Crippen molar-refractivity contribution in [2.24, 2.45) is 0 Å². The minimum absolute atomic E-state index is 0.0553. The molecule has 200 valence electrons. The lowest BCUT2D eigenvalue weighted by atomic mass is 9.95. The number of Topliss-reactive ketones (excluding diaryl/α,β-unsaturated/α-hetero) is 1. The number of carbonyl (C=O) groups excluding carboxylic acids is 3. The zero-order valence-electron chi connectivity index (χ0n) is 22.0. The van der Waals surface area contributed by atoms with Gasteiger partial charge in [0.1, 0.15) is 18.1 Å². The number of hydrogen-bond acceptors (Lipinski definition) is 6. The molecule has 1 saturated heterocycles. The second-order valence-electron chi connectivity index (χ2n) is 9.44. The van der Waals surface area contributed by atoms with Crippen molar-refractivity contribution < 1.29 is 24.2 Å². The lowest BCUT2D eigenvalue weighted by Crippen LogP contribution is -2.29. The molecule has 5 rings (SSSR count). The van der Waals surface area contributed by atoms with E-state index in [1.165, 1.54) is 11.8 Å². The van der Waals surface area contributed by atoms with E-state index in [9.17, 15) is 19.5 Å². The maximum Gasteiger partial charge on any atom is 0.300 e. The Hall–Kier alpha value is -5.24. The van der Waals surface area contributed by atoms with Crippen LogP contribution < -0.4 is 15.0 Å². The van der Waals surface area contributed by atoms with Crippen LogP contribution in [0.5, 0.6) is 5.75 Å². The number of pyridine rings is 1. The summed E-state index contributed by atoms with van der Waals surface area (Å²) < 4.78 is 5.96. The molecule has 2 N–H and O–H groups in total. The van der Waals surface area contributed by atoms with Crippen LogP contribution in [0.3, 0.4) is 0 Å². The highest BCUT2D eigenvalue weighted by atomic mass is 16.5. The average Bonchev–Trinajstić information content (AvgIpc) is 3.22. The predicted octanol–water partition coefficient (Wildman–Crippen LogP) is 5.55. The van der Waals surface area contributed by atoms with Gasteiger partial charge in [0.05, 0.1) is 11.6 Å². The Morgan fingerprint density at radius 2 is 1.80 bits per heavy atom. The van der Waals surface area contributed by atoms with Crippen molar-refractivity contribution in [3.8, 4) is 5.75 Å². The van der Waals surface area contributed by atoms with Crippen LogP contribution in [0.1, 0.15) is 35.2 Å². The minimum Gasteiger partial charge on any atom is -0.507 e. The van der Waals surface area contributed by atoms with E-state index >= 15 is 0 Å². The average molecular weight is 534 g/mol. The van der Waals surface area contributed by atoms with Gasteiger partial charge in [0.2, 0.25) is 5.91 Å². The Labute approximate surface area is 231 Å². The summed E-state index contributed by atoms with van der Waals surface area (Å²) in [5, 5.41) is 14.2. The maximum absolute atomic E-state index is 13.4. The Morgan fingerprint density at radius 1 is 1.00 bits per heavy atom. The fraction of sp³-hybridized carbons (Fsp3) is 0.125. The van der Waals surface area contributed by atoms with Crippen molar-refractivity contribution in [3.63, 3.8) is 0 Å². The molecule has 1 aliphatic rings. The number of ketones is 1. The third-order valence-electron chi connectivity index (χ3n) is 6.57. The van der Waals surface area contributed by atoms with E-state index in [1.54, 1.807) is 67.0 Å². The first-order valence-electron chi connectivity index (χ1n) is 12.7. The van der Waals surface area contributed by atoms with Crippen LogP contribution in [-0.2, 0) is 21.0 Å². The largest absolute Gasteiger partial charge is 0.507 e. The van der Waals surface area contributed by atoms with Crippen molar-refractivity contribution in [2.45, 2.75) is 26.5 Å². The number of ether oxygens (including phenoxy) is 1. The standard InChI is InChI=1S/C32H27N3O5/c1-20-16-23(13-14-27(20)40-19-22-8-4-3-5-9-22)30(37)28-29(24-10-7-15-33-18-24)35(32(39)31(28)38)26-12-6-11-25(17-26)34-21(2)36/h3-18,29,37H,19H2,1-2H3,(H,34,36)/b30-28+. The number of aryl methyl sites for hydroxylation is 1. The minimum atomic E-state index is -0.935. The van der Waals surface area contributed by atoms with Gasteiger partial charge in [-0.25, -0.2) is 0 Å². The van der Waals surface area contributed by atoms with E-state index in [0.29, 0.717) is 34.9 Å². The summed E-state index contributed by atoms with van der Waals surface area (Å²) in [6, 6.07) is 24.0. The van der Waals surface area contributed by atoms with Crippen molar-refractivity contribution >= 4 is 34.7 Å². The molecule has 0 bridgehead atoms. The number of aromatic nitrogens is 1. The van der Waals surface area contributed by atoms with Crippen LogP contribution >= 0.6 is 0 Å². The molecule has 0 saturated carbocycles. The van der Waals surface area contributed by atoms with Gasteiger partial charge in [0.25, 0.3) is 11.7 Å². The van der Waals surface area contributed by atoms with Gasteiger partial charge >= 0.3 is 0 Å². The van der Waals surface area contributed by atoms with Gasteiger partial charge in [-0.1, -0.05) is 42.5 Å². The van der Waals surface area contributed by atoms with Gasteiger partial charge in [0.15, 0.2) is 0 Å². The van der Waals surface area contributed by atoms with E-state index in [1.807, 2.05) is 37.3 Å². The Kier molecular flexibility index (Phi) is 7.41. The molecule has 1 aliphatic heterocycles. The van der Waals surface area contributed by atoms with E-state index in [0.717, 1.165) is 11.1 Å². The smallest absolute Gasteiger partial charge is 0.300 e. The maximum atomic E-state index is 13.4. The summed E-state index contributed by atoms with van der Waals surface area (Å²) in [7, 11) is 0. The molecule has 1 aromatic heterocycles. The molecule has 3 aromatic carbocycles. The molecule has 1 fully saturated rings. The first-order chi connectivity index (χ1) is 19.3. The Bertz CT molecular complexity index is 1620. The number of amides is 2. The number of nitrogens with zero attached hydrogens (tertiary/aromatic N) is 2. The zero-order chi connectivity index (χ0) is 28.2. The second kappa shape index (κ2) is 11.2. The van der Waals surface area contributed by atoms with Gasteiger partial charge < -0.3 is 15.2 Å². The lowest BCUT2D eigenvalue weighted by molar-refractivity contribution is -0.132.